The lowest BCUT2D eigenvalue weighted by molar-refractivity contribution is -0.169. The quantitative estimate of drug-likeness (QED) is 0.842. The third-order valence-electron chi connectivity index (χ3n) is 5.10. The highest BCUT2D eigenvalue weighted by Crippen LogP contribution is 2.32. The highest BCUT2D eigenvalue weighted by molar-refractivity contribution is 5.46. The van der Waals surface area contributed by atoms with Gasteiger partial charge < -0.3 is 19.3 Å². The number of hydrogen-bond donors (Lipinski definition) is 0. The molecule has 6 heteroatoms. The van der Waals surface area contributed by atoms with Crippen LogP contribution in [-0.4, -0.2) is 49.1 Å². The van der Waals surface area contributed by atoms with Crippen molar-refractivity contribution in [3.05, 3.63) is 47.7 Å². The molecule has 26 heavy (non-hydrogen) atoms. The number of aryl methyl sites for hydroxylation is 1. The summed E-state index contributed by atoms with van der Waals surface area (Å²) in [5, 5.41) is 0. The van der Waals surface area contributed by atoms with E-state index >= 15 is 0 Å². The number of nitrogens with zero attached hydrogens (tertiary/aromatic N) is 4. The summed E-state index contributed by atoms with van der Waals surface area (Å²) in [6.45, 7) is 5.96. The minimum Gasteiger partial charge on any atom is -0.355 e. The van der Waals surface area contributed by atoms with Gasteiger partial charge in [0, 0.05) is 51.3 Å². The third-order valence-corrected chi connectivity index (χ3v) is 5.10. The average molecular weight is 354 g/mol. The Balaban J connectivity index is 1.47. The number of piperidine rings is 1. The first-order valence-electron chi connectivity index (χ1n) is 9.27. The fourth-order valence-corrected chi connectivity index (χ4v) is 3.64. The summed E-state index contributed by atoms with van der Waals surface area (Å²) in [7, 11) is 2.07. The Labute approximate surface area is 154 Å². The minimum atomic E-state index is -0.368. The van der Waals surface area contributed by atoms with Crippen molar-refractivity contribution in [1.29, 1.82) is 0 Å². The molecular weight excluding hydrogens is 328 g/mol. The van der Waals surface area contributed by atoms with Gasteiger partial charge in [-0.25, -0.2) is 4.98 Å². The van der Waals surface area contributed by atoms with Crippen molar-refractivity contribution in [3.63, 3.8) is 0 Å². The maximum absolute atomic E-state index is 5.82. The van der Waals surface area contributed by atoms with Crippen molar-refractivity contribution in [2.75, 3.05) is 43.2 Å². The second-order valence-corrected chi connectivity index (χ2v) is 7.10. The molecule has 0 bridgehead atoms. The Morgan fingerprint density at radius 2 is 1.77 bits per heavy atom. The molecule has 2 aliphatic rings. The minimum absolute atomic E-state index is 0.368. The summed E-state index contributed by atoms with van der Waals surface area (Å²) in [4.78, 5) is 13.9. The standard InChI is InChI=1S/C20H26N4O2/c1-16-14-18(23(2)15-17-6-4-3-5-7-17)22-19(21-16)24-10-8-20(9-11-24)25-12-13-26-20/h3-7,14H,8-13,15H2,1-2H3. The van der Waals surface area contributed by atoms with Gasteiger partial charge in [-0.1, -0.05) is 30.3 Å². The van der Waals surface area contributed by atoms with Gasteiger partial charge in [0.1, 0.15) is 5.82 Å². The molecule has 6 nitrogen and oxygen atoms in total. The Kier molecular flexibility index (Phi) is 4.78. The molecule has 0 unspecified atom stereocenters. The maximum atomic E-state index is 5.82. The lowest BCUT2D eigenvalue weighted by atomic mass is 10.0. The molecule has 1 spiro atoms. The predicted molar refractivity (Wildman–Crippen MR) is 101 cm³/mol. The molecule has 0 saturated carbocycles. The summed E-state index contributed by atoms with van der Waals surface area (Å²) in [6, 6.07) is 12.5. The molecular formula is C20H26N4O2. The normalized spacial score (nSPS) is 19.1. The van der Waals surface area contributed by atoms with E-state index in [-0.39, 0.29) is 5.79 Å². The number of hydrogen-bond acceptors (Lipinski definition) is 6. The van der Waals surface area contributed by atoms with Gasteiger partial charge >= 0.3 is 0 Å². The van der Waals surface area contributed by atoms with Crippen LogP contribution in [0.5, 0.6) is 0 Å². The average Bonchev–Trinajstić information content (AvgIpc) is 3.10. The topological polar surface area (TPSA) is 50.7 Å². The zero-order valence-electron chi connectivity index (χ0n) is 15.5. The molecule has 1 aromatic heterocycles. The molecule has 138 valence electrons. The van der Waals surface area contributed by atoms with Gasteiger partial charge in [0.05, 0.1) is 13.2 Å². The first-order valence-corrected chi connectivity index (χ1v) is 9.27. The summed E-state index contributed by atoms with van der Waals surface area (Å²) in [5.41, 5.74) is 2.25. The molecule has 2 saturated heterocycles. The van der Waals surface area contributed by atoms with E-state index in [1.807, 2.05) is 19.1 Å². The van der Waals surface area contributed by atoms with Crippen LogP contribution in [0.4, 0.5) is 11.8 Å². The Bertz CT molecular complexity index is 737. The van der Waals surface area contributed by atoms with Crippen LogP contribution in [0.2, 0.25) is 0 Å². The van der Waals surface area contributed by atoms with Crippen LogP contribution in [-0.2, 0) is 16.0 Å². The van der Waals surface area contributed by atoms with Gasteiger partial charge in [0.2, 0.25) is 5.95 Å². The van der Waals surface area contributed by atoms with Crippen LogP contribution < -0.4 is 9.80 Å². The summed E-state index contributed by atoms with van der Waals surface area (Å²) in [6.07, 6.45) is 1.72. The van der Waals surface area contributed by atoms with Crippen molar-refractivity contribution < 1.29 is 9.47 Å². The van der Waals surface area contributed by atoms with Crippen molar-refractivity contribution in [2.24, 2.45) is 0 Å². The van der Waals surface area contributed by atoms with E-state index in [1.165, 1.54) is 5.56 Å². The molecule has 0 atom stereocenters. The van der Waals surface area contributed by atoms with E-state index in [4.69, 9.17) is 14.5 Å². The molecule has 0 amide bonds. The second-order valence-electron chi connectivity index (χ2n) is 7.10. The van der Waals surface area contributed by atoms with E-state index in [0.717, 1.165) is 49.9 Å². The van der Waals surface area contributed by atoms with Gasteiger partial charge in [-0.2, -0.15) is 4.98 Å². The number of rotatable bonds is 4. The first-order chi connectivity index (χ1) is 12.6. The van der Waals surface area contributed by atoms with Crippen LogP contribution >= 0.6 is 0 Å². The van der Waals surface area contributed by atoms with Gasteiger partial charge in [-0.3, -0.25) is 0 Å². The van der Waals surface area contributed by atoms with Gasteiger partial charge in [0.25, 0.3) is 0 Å². The van der Waals surface area contributed by atoms with E-state index in [9.17, 15) is 0 Å². The largest absolute Gasteiger partial charge is 0.355 e. The summed E-state index contributed by atoms with van der Waals surface area (Å²) >= 11 is 0. The molecule has 1 aromatic carbocycles. The third kappa shape index (κ3) is 3.66. The van der Waals surface area contributed by atoms with E-state index in [0.29, 0.717) is 13.2 Å². The second kappa shape index (κ2) is 7.21. The van der Waals surface area contributed by atoms with Crippen LogP contribution in [0.3, 0.4) is 0 Å². The highest BCUT2D eigenvalue weighted by atomic mass is 16.7. The van der Waals surface area contributed by atoms with Crippen LogP contribution in [0.15, 0.2) is 36.4 Å². The highest BCUT2D eigenvalue weighted by Gasteiger charge is 2.40. The molecule has 3 heterocycles. The molecule has 4 rings (SSSR count). The van der Waals surface area contributed by atoms with E-state index in [1.54, 1.807) is 0 Å². The van der Waals surface area contributed by atoms with Crippen LogP contribution in [0.1, 0.15) is 24.1 Å². The smallest absolute Gasteiger partial charge is 0.227 e. The van der Waals surface area contributed by atoms with Gasteiger partial charge in [-0.15, -0.1) is 0 Å². The fraction of sp³-hybridized carbons (Fsp3) is 0.500. The molecule has 0 radical (unpaired) electrons. The molecule has 2 aromatic rings. The van der Waals surface area contributed by atoms with Gasteiger partial charge in [0.15, 0.2) is 5.79 Å². The number of benzene rings is 1. The van der Waals surface area contributed by atoms with Gasteiger partial charge in [-0.05, 0) is 12.5 Å². The zero-order chi connectivity index (χ0) is 18.0. The lowest BCUT2D eigenvalue weighted by Gasteiger charge is -2.37. The molecule has 0 aliphatic carbocycles. The number of aromatic nitrogens is 2. The van der Waals surface area contributed by atoms with Crippen molar-refractivity contribution in [3.8, 4) is 0 Å². The van der Waals surface area contributed by atoms with Crippen LogP contribution in [0.25, 0.3) is 0 Å². The molecule has 2 aliphatic heterocycles. The van der Waals surface area contributed by atoms with Crippen molar-refractivity contribution in [2.45, 2.75) is 32.1 Å². The first kappa shape index (κ1) is 17.2. The molecule has 0 N–H and O–H groups in total. The number of anilines is 2. The monoisotopic (exact) mass is 354 g/mol. The van der Waals surface area contributed by atoms with E-state index in [2.05, 4.69) is 46.1 Å². The maximum Gasteiger partial charge on any atom is 0.227 e. The Morgan fingerprint density at radius 3 is 2.46 bits per heavy atom. The summed E-state index contributed by atoms with van der Waals surface area (Å²) < 4.78 is 11.6. The van der Waals surface area contributed by atoms with Crippen molar-refractivity contribution >= 4 is 11.8 Å². The zero-order valence-corrected chi connectivity index (χ0v) is 15.5. The SMILES string of the molecule is Cc1cc(N(C)Cc2ccccc2)nc(N2CCC3(CC2)OCCO3)n1. The predicted octanol–water partition coefficient (Wildman–Crippen LogP) is 2.76. The Hall–Kier alpha value is -2.18. The van der Waals surface area contributed by atoms with E-state index < -0.39 is 0 Å². The fourth-order valence-electron chi connectivity index (χ4n) is 3.64. The van der Waals surface area contributed by atoms with Crippen molar-refractivity contribution in [1.82, 2.24) is 9.97 Å². The van der Waals surface area contributed by atoms with Crippen LogP contribution in [0, 0.1) is 6.92 Å². The molecule has 2 fully saturated rings. The lowest BCUT2D eigenvalue weighted by Crippen LogP contribution is -2.45. The summed E-state index contributed by atoms with van der Waals surface area (Å²) in [5.74, 6) is 1.38. The Morgan fingerprint density at radius 1 is 1.08 bits per heavy atom. The number of ether oxygens (including phenoxy) is 2.